The molecule has 1 atom stereocenters. The van der Waals surface area contributed by atoms with Gasteiger partial charge in [0.1, 0.15) is 11.4 Å². The molecule has 4 amide bonds. The van der Waals surface area contributed by atoms with Crippen LogP contribution in [0.15, 0.2) is 47.4 Å². The molecule has 0 saturated carbocycles. The summed E-state index contributed by atoms with van der Waals surface area (Å²) < 4.78 is 12.3. The van der Waals surface area contributed by atoms with Crippen molar-refractivity contribution in [3.8, 4) is 34.9 Å². The lowest BCUT2D eigenvalue weighted by atomic mass is 10.0. The zero-order chi connectivity index (χ0) is 31.0. The van der Waals surface area contributed by atoms with Crippen molar-refractivity contribution in [1.82, 2.24) is 40.2 Å². The fraction of sp³-hybridized carbons (Fsp3) is 0.333. The van der Waals surface area contributed by atoms with E-state index in [-0.39, 0.29) is 29.9 Å². The second-order valence-corrected chi connectivity index (χ2v) is 10.7. The number of likely N-dealkylation sites (tertiary alicyclic amines) is 1. The van der Waals surface area contributed by atoms with Gasteiger partial charge in [-0.25, -0.2) is 19.7 Å². The number of amides is 4. The first kappa shape index (κ1) is 28.7. The van der Waals surface area contributed by atoms with Crippen LogP contribution in [-0.2, 0) is 11.3 Å². The summed E-state index contributed by atoms with van der Waals surface area (Å²) in [6, 6.07) is 7.77. The van der Waals surface area contributed by atoms with E-state index in [1.165, 1.54) is 31.4 Å². The molecule has 3 aliphatic rings. The number of carbonyl (C=O) groups is 3. The molecule has 226 valence electrons. The van der Waals surface area contributed by atoms with Crippen LogP contribution < -0.4 is 25.8 Å². The van der Waals surface area contributed by atoms with Crippen LogP contribution in [0.25, 0.3) is 11.5 Å². The van der Waals surface area contributed by atoms with Gasteiger partial charge in [0.2, 0.25) is 5.54 Å². The second-order valence-electron chi connectivity index (χ2n) is 10.7. The lowest BCUT2D eigenvalue weighted by Gasteiger charge is -2.29. The third-order valence-corrected chi connectivity index (χ3v) is 7.99. The fourth-order valence-corrected chi connectivity index (χ4v) is 5.53. The molecule has 6 rings (SSSR count). The Bertz CT molecular complexity index is 1810. The smallest absolute Gasteiger partial charge is 0.343 e. The number of imide groups is 1. The van der Waals surface area contributed by atoms with Gasteiger partial charge >= 0.3 is 11.7 Å². The van der Waals surface area contributed by atoms with E-state index in [1.807, 2.05) is 7.05 Å². The number of pyridine rings is 1. The molecule has 0 aliphatic carbocycles. The standard InChI is InChI=1S/C30H30N8O6/c1-36-13-9-19(10-14-36)38-25(34-35-29(38)42)23-6-7-24(44-3)22(31-23)8-11-30(27(40)32-28(41)33-30)12-15-37-17-18-4-5-20(43-2)16-21(18)26(37)39/h4-7,12,15-16,19H,9-10,13-14,17H2,1-3H3,(H,35,42)(H2,32,33,40,41). The first-order valence-corrected chi connectivity index (χ1v) is 14.0. The molecule has 0 spiro atoms. The average molecular weight is 599 g/mol. The number of ether oxygens (including phenoxy) is 2. The number of urea groups is 1. The van der Waals surface area contributed by atoms with Gasteiger partial charge in [-0.05, 0) is 74.8 Å². The number of aromatic nitrogens is 4. The van der Waals surface area contributed by atoms with Crippen molar-refractivity contribution in [3.63, 3.8) is 0 Å². The summed E-state index contributed by atoms with van der Waals surface area (Å²) in [4.78, 5) is 59.3. The predicted octanol–water partition coefficient (Wildman–Crippen LogP) is 1.02. The fourth-order valence-electron chi connectivity index (χ4n) is 5.53. The maximum atomic E-state index is 13.0. The number of rotatable bonds is 6. The zero-order valence-electron chi connectivity index (χ0n) is 24.3. The van der Waals surface area contributed by atoms with Crippen LogP contribution in [0.4, 0.5) is 4.79 Å². The number of hydrogen-bond donors (Lipinski definition) is 3. The summed E-state index contributed by atoms with van der Waals surface area (Å²) >= 11 is 0. The van der Waals surface area contributed by atoms with Crippen LogP contribution in [0.5, 0.6) is 11.5 Å². The minimum absolute atomic E-state index is 0.0442. The summed E-state index contributed by atoms with van der Waals surface area (Å²) in [7, 11) is 5.02. The molecule has 2 aromatic heterocycles. The Kier molecular flexibility index (Phi) is 7.40. The van der Waals surface area contributed by atoms with Gasteiger partial charge in [-0.1, -0.05) is 12.0 Å². The minimum atomic E-state index is -1.80. The van der Waals surface area contributed by atoms with E-state index < -0.39 is 17.5 Å². The van der Waals surface area contributed by atoms with Crippen molar-refractivity contribution >= 4 is 17.8 Å². The quantitative estimate of drug-likeness (QED) is 0.278. The molecule has 14 heteroatoms. The summed E-state index contributed by atoms with van der Waals surface area (Å²) in [5, 5.41) is 11.5. The van der Waals surface area contributed by atoms with Crippen LogP contribution in [0, 0.1) is 11.8 Å². The van der Waals surface area contributed by atoms with E-state index in [0.29, 0.717) is 28.6 Å². The van der Waals surface area contributed by atoms with Gasteiger partial charge in [-0.15, -0.1) is 0 Å². The Morgan fingerprint density at radius 3 is 2.57 bits per heavy atom. The van der Waals surface area contributed by atoms with Gasteiger partial charge in [-0.3, -0.25) is 19.5 Å². The van der Waals surface area contributed by atoms with Crippen molar-refractivity contribution in [3.05, 3.63) is 69.9 Å². The summed E-state index contributed by atoms with van der Waals surface area (Å²) in [5.74, 6) is 5.93. The SMILES string of the molecule is COc1ccc2c(c1)C(=O)N(C=CC1(C#Cc3nc(-c4n[nH]c(=O)n4C4CCN(C)CC4)ccc3OC)NC(=O)NC1=O)C2. The van der Waals surface area contributed by atoms with Crippen molar-refractivity contribution in [2.75, 3.05) is 34.4 Å². The highest BCUT2D eigenvalue weighted by atomic mass is 16.5. The normalized spacial score (nSPS) is 20.3. The third-order valence-electron chi connectivity index (χ3n) is 7.99. The number of piperidine rings is 1. The average Bonchev–Trinajstić information content (AvgIpc) is 3.66. The van der Waals surface area contributed by atoms with Gasteiger partial charge in [0, 0.05) is 17.8 Å². The molecule has 0 bridgehead atoms. The van der Waals surface area contributed by atoms with E-state index in [4.69, 9.17) is 9.47 Å². The number of H-pyrrole nitrogens is 1. The molecular weight excluding hydrogens is 568 g/mol. The van der Waals surface area contributed by atoms with Crippen molar-refractivity contribution in [2.24, 2.45) is 0 Å². The van der Waals surface area contributed by atoms with E-state index >= 15 is 0 Å². The number of nitrogens with zero attached hydrogens (tertiary/aromatic N) is 5. The van der Waals surface area contributed by atoms with Crippen LogP contribution in [0.2, 0.25) is 0 Å². The predicted molar refractivity (Wildman–Crippen MR) is 157 cm³/mol. The lowest BCUT2D eigenvalue weighted by Crippen LogP contribution is -2.44. The Hall–Kier alpha value is -5.42. The summed E-state index contributed by atoms with van der Waals surface area (Å²) in [6.07, 6.45) is 4.37. The van der Waals surface area contributed by atoms with E-state index in [1.54, 1.807) is 34.9 Å². The monoisotopic (exact) mass is 598 g/mol. The van der Waals surface area contributed by atoms with Gasteiger partial charge in [-0.2, -0.15) is 5.10 Å². The van der Waals surface area contributed by atoms with Gasteiger partial charge < -0.3 is 24.6 Å². The topological polar surface area (TPSA) is 164 Å². The van der Waals surface area contributed by atoms with Crippen molar-refractivity contribution < 1.29 is 23.9 Å². The first-order valence-electron chi connectivity index (χ1n) is 14.0. The highest BCUT2D eigenvalue weighted by molar-refractivity contribution is 6.10. The zero-order valence-corrected chi connectivity index (χ0v) is 24.3. The Morgan fingerprint density at radius 1 is 1.07 bits per heavy atom. The third kappa shape index (κ3) is 5.18. The van der Waals surface area contributed by atoms with Crippen LogP contribution in [-0.4, -0.2) is 87.3 Å². The molecule has 1 aromatic carbocycles. The van der Waals surface area contributed by atoms with E-state index in [2.05, 4.69) is 42.6 Å². The first-order chi connectivity index (χ1) is 21.2. The molecule has 3 aliphatic heterocycles. The van der Waals surface area contributed by atoms with Gasteiger partial charge in [0.05, 0.1) is 20.8 Å². The molecule has 44 heavy (non-hydrogen) atoms. The van der Waals surface area contributed by atoms with Gasteiger partial charge in [0.25, 0.3) is 11.8 Å². The molecule has 3 aromatic rings. The van der Waals surface area contributed by atoms with E-state index in [0.717, 1.165) is 31.5 Å². The highest BCUT2D eigenvalue weighted by Crippen LogP contribution is 2.29. The maximum absolute atomic E-state index is 13.0. The van der Waals surface area contributed by atoms with Crippen molar-refractivity contribution in [2.45, 2.75) is 31.0 Å². The number of benzene rings is 1. The Labute approximate surface area is 252 Å². The van der Waals surface area contributed by atoms with Crippen LogP contribution in [0.1, 0.15) is 40.5 Å². The summed E-state index contributed by atoms with van der Waals surface area (Å²) in [5.41, 5.74) is -0.303. The molecule has 0 radical (unpaired) electrons. The molecule has 2 saturated heterocycles. The molecule has 2 fully saturated rings. The number of nitrogens with one attached hydrogen (secondary N) is 3. The largest absolute Gasteiger partial charge is 0.497 e. The van der Waals surface area contributed by atoms with E-state index in [9.17, 15) is 19.2 Å². The minimum Gasteiger partial charge on any atom is -0.497 e. The number of aromatic amines is 1. The molecule has 5 heterocycles. The second kappa shape index (κ2) is 11.3. The number of hydrogen-bond acceptors (Lipinski definition) is 9. The molecular formula is C30H30N8O6. The number of fused-ring (bicyclic) bond motifs is 1. The summed E-state index contributed by atoms with van der Waals surface area (Å²) in [6.45, 7) is 1.97. The van der Waals surface area contributed by atoms with Crippen LogP contribution >= 0.6 is 0 Å². The molecule has 14 nitrogen and oxygen atoms in total. The molecule has 1 unspecified atom stereocenters. The molecule has 3 N–H and O–H groups in total. The highest BCUT2D eigenvalue weighted by Gasteiger charge is 2.44. The van der Waals surface area contributed by atoms with Crippen molar-refractivity contribution in [1.29, 1.82) is 0 Å². The number of carbonyl (C=O) groups excluding carboxylic acids is 3. The maximum Gasteiger partial charge on any atom is 0.343 e. The number of methoxy groups -OCH3 is 2. The van der Waals surface area contributed by atoms with Gasteiger partial charge in [0.15, 0.2) is 17.3 Å². The lowest BCUT2D eigenvalue weighted by molar-refractivity contribution is -0.120. The van der Waals surface area contributed by atoms with Crippen LogP contribution in [0.3, 0.4) is 0 Å². The Morgan fingerprint density at radius 2 is 1.86 bits per heavy atom. The Balaban J connectivity index is 1.33.